The molecule has 5 nitrogen and oxygen atoms in total. The number of hydrogen-bond donors (Lipinski definition) is 1. The Labute approximate surface area is 158 Å². The number of furan rings is 1. The van der Waals surface area contributed by atoms with Crippen molar-refractivity contribution >= 4 is 29.9 Å². The van der Waals surface area contributed by atoms with Crippen LogP contribution in [0.2, 0.25) is 0 Å². The Morgan fingerprint density at radius 3 is 2.75 bits per heavy atom. The molecular formula is C17H23FIN3O2. The molecule has 132 valence electrons. The summed E-state index contributed by atoms with van der Waals surface area (Å²) < 4.78 is 24.0. The molecule has 0 atom stereocenters. The Balaban J connectivity index is 0.00000288. The number of nitrogens with zero attached hydrogens (tertiary/aromatic N) is 2. The summed E-state index contributed by atoms with van der Waals surface area (Å²) >= 11 is 0. The van der Waals surface area contributed by atoms with Crippen molar-refractivity contribution in [2.75, 3.05) is 27.7 Å². The van der Waals surface area contributed by atoms with E-state index in [-0.39, 0.29) is 35.5 Å². The van der Waals surface area contributed by atoms with Crippen molar-refractivity contribution in [2.24, 2.45) is 4.99 Å². The van der Waals surface area contributed by atoms with E-state index in [4.69, 9.17) is 9.15 Å². The van der Waals surface area contributed by atoms with Crippen LogP contribution >= 0.6 is 24.0 Å². The predicted octanol–water partition coefficient (Wildman–Crippen LogP) is 3.30. The van der Waals surface area contributed by atoms with Crippen LogP contribution in [0.15, 0.2) is 46.0 Å². The fraction of sp³-hybridized carbons (Fsp3) is 0.353. The lowest BCUT2D eigenvalue weighted by molar-refractivity contribution is 0.385. The van der Waals surface area contributed by atoms with Gasteiger partial charge in [-0.1, -0.05) is 6.07 Å². The van der Waals surface area contributed by atoms with E-state index in [1.165, 1.54) is 13.2 Å². The number of ether oxygens (including phenoxy) is 1. The molecule has 1 aromatic carbocycles. The summed E-state index contributed by atoms with van der Waals surface area (Å²) in [4.78, 5) is 6.18. The van der Waals surface area contributed by atoms with E-state index in [2.05, 4.69) is 10.3 Å². The van der Waals surface area contributed by atoms with E-state index in [1.54, 1.807) is 19.4 Å². The van der Waals surface area contributed by atoms with Gasteiger partial charge in [-0.2, -0.15) is 0 Å². The normalized spacial score (nSPS) is 10.9. The maximum absolute atomic E-state index is 13.7. The number of aliphatic imine (C=N–C) groups is 1. The molecule has 0 saturated heterocycles. The lowest BCUT2D eigenvalue weighted by Gasteiger charge is -2.22. The van der Waals surface area contributed by atoms with E-state index in [1.807, 2.05) is 30.1 Å². The Morgan fingerprint density at radius 1 is 1.38 bits per heavy atom. The number of nitrogens with one attached hydrogen (secondary N) is 1. The van der Waals surface area contributed by atoms with Crippen LogP contribution in [0, 0.1) is 5.82 Å². The van der Waals surface area contributed by atoms with E-state index in [9.17, 15) is 4.39 Å². The van der Waals surface area contributed by atoms with Crippen molar-refractivity contribution in [3.63, 3.8) is 0 Å². The Bertz CT molecular complexity index is 647. The first-order valence-corrected chi connectivity index (χ1v) is 7.40. The molecule has 0 unspecified atom stereocenters. The third-order valence-corrected chi connectivity index (χ3v) is 3.44. The van der Waals surface area contributed by atoms with Gasteiger partial charge in [0.1, 0.15) is 5.76 Å². The Hall–Kier alpha value is -1.77. The molecule has 1 N–H and O–H groups in total. The maximum atomic E-state index is 13.7. The number of guanidine groups is 1. The molecular weight excluding hydrogens is 424 g/mol. The molecule has 0 bridgehead atoms. The van der Waals surface area contributed by atoms with Crippen molar-refractivity contribution in [2.45, 2.75) is 13.0 Å². The highest BCUT2D eigenvalue weighted by molar-refractivity contribution is 14.0. The average molecular weight is 447 g/mol. The van der Waals surface area contributed by atoms with Crippen LogP contribution in [0.4, 0.5) is 4.39 Å². The molecule has 0 saturated carbocycles. The van der Waals surface area contributed by atoms with Gasteiger partial charge in [0.2, 0.25) is 0 Å². The first-order valence-electron chi connectivity index (χ1n) is 7.40. The van der Waals surface area contributed by atoms with Gasteiger partial charge in [-0.3, -0.25) is 4.99 Å². The second-order valence-electron chi connectivity index (χ2n) is 5.13. The lowest BCUT2D eigenvalue weighted by atomic mass is 10.2. The van der Waals surface area contributed by atoms with Crippen molar-refractivity contribution < 1.29 is 13.5 Å². The standard InChI is InChI=1S/C17H22FN3O2.HI/c1-19-17(20-9-8-14-5-4-10-23-14)21(2)12-13-6-7-16(22-3)15(18)11-13;/h4-7,10-11H,8-9,12H2,1-3H3,(H,19,20);1H. The van der Waals surface area contributed by atoms with Crippen LogP contribution < -0.4 is 10.1 Å². The smallest absolute Gasteiger partial charge is 0.193 e. The molecule has 24 heavy (non-hydrogen) atoms. The minimum atomic E-state index is -0.362. The van der Waals surface area contributed by atoms with Gasteiger partial charge in [0.25, 0.3) is 0 Å². The van der Waals surface area contributed by atoms with E-state index in [0.717, 1.165) is 23.7 Å². The minimum absolute atomic E-state index is 0. The summed E-state index contributed by atoms with van der Waals surface area (Å²) in [6, 6.07) is 8.76. The van der Waals surface area contributed by atoms with E-state index < -0.39 is 0 Å². The largest absolute Gasteiger partial charge is 0.494 e. The van der Waals surface area contributed by atoms with Gasteiger partial charge in [-0.05, 0) is 29.8 Å². The molecule has 0 aliphatic rings. The quantitative estimate of drug-likeness (QED) is 0.420. The monoisotopic (exact) mass is 447 g/mol. The molecule has 0 aliphatic heterocycles. The van der Waals surface area contributed by atoms with Crippen molar-refractivity contribution in [1.82, 2.24) is 10.2 Å². The van der Waals surface area contributed by atoms with Crippen molar-refractivity contribution in [3.8, 4) is 5.75 Å². The summed E-state index contributed by atoms with van der Waals surface area (Å²) in [5.41, 5.74) is 0.847. The number of methoxy groups -OCH3 is 1. The number of rotatable bonds is 6. The van der Waals surface area contributed by atoms with Crippen LogP contribution in [0.5, 0.6) is 5.75 Å². The first-order chi connectivity index (χ1) is 11.1. The number of halogens is 2. The molecule has 0 amide bonds. The third-order valence-electron chi connectivity index (χ3n) is 3.44. The van der Waals surface area contributed by atoms with Gasteiger partial charge in [0.05, 0.1) is 13.4 Å². The van der Waals surface area contributed by atoms with Crippen LogP contribution in [0.3, 0.4) is 0 Å². The second-order valence-corrected chi connectivity index (χ2v) is 5.13. The van der Waals surface area contributed by atoms with Gasteiger partial charge in [0.15, 0.2) is 17.5 Å². The first kappa shape index (κ1) is 20.3. The molecule has 0 fully saturated rings. The Kier molecular flexibility index (Phi) is 8.59. The van der Waals surface area contributed by atoms with Gasteiger partial charge in [0, 0.05) is 33.6 Å². The summed E-state index contributed by atoms with van der Waals surface area (Å²) in [6.07, 6.45) is 2.44. The average Bonchev–Trinajstić information content (AvgIpc) is 3.05. The lowest BCUT2D eigenvalue weighted by Crippen LogP contribution is -2.39. The molecule has 0 aliphatic carbocycles. The molecule has 2 rings (SSSR count). The molecule has 1 aromatic heterocycles. The van der Waals surface area contributed by atoms with Crippen molar-refractivity contribution in [1.29, 1.82) is 0 Å². The maximum Gasteiger partial charge on any atom is 0.193 e. The van der Waals surface area contributed by atoms with Crippen LogP contribution in [-0.4, -0.2) is 38.6 Å². The highest BCUT2D eigenvalue weighted by Gasteiger charge is 2.09. The predicted molar refractivity (Wildman–Crippen MR) is 104 cm³/mol. The highest BCUT2D eigenvalue weighted by atomic mass is 127. The number of benzene rings is 1. The SMILES string of the molecule is CN=C(NCCc1ccco1)N(C)Cc1ccc(OC)c(F)c1.I. The summed E-state index contributed by atoms with van der Waals surface area (Å²) in [6.45, 7) is 1.25. The fourth-order valence-corrected chi connectivity index (χ4v) is 2.29. The zero-order valence-electron chi connectivity index (χ0n) is 14.1. The zero-order valence-corrected chi connectivity index (χ0v) is 16.4. The van der Waals surface area contributed by atoms with Gasteiger partial charge < -0.3 is 19.4 Å². The van der Waals surface area contributed by atoms with E-state index in [0.29, 0.717) is 13.1 Å². The molecule has 0 radical (unpaired) electrons. The van der Waals surface area contributed by atoms with Gasteiger partial charge >= 0.3 is 0 Å². The molecule has 0 spiro atoms. The minimum Gasteiger partial charge on any atom is -0.494 e. The van der Waals surface area contributed by atoms with E-state index >= 15 is 0 Å². The molecule has 2 aromatic rings. The number of hydrogen-bond acceptors (Lipinski definition) is 3. The Morgan fingerprint density at radius 2 is 2.17 bits per heavy atom. The van der Waals surface area contributed by atoms with Crippen molar-refractivity contribution in [3.05, 3.63) is 53.7 Å². The summed E-state index contributed by atoms with van der Waals surface area (Å²) in [5, 5.41) is 3.26. The third kappa shape index (κ3) is 5.70. The molecule has 1 heterocycles. The molecule has 7 heteroatoms. The highest BCUT2D eigenvalue weighted by Crippen LogP contribution is 2.18. The zero-order chi connectivity index (χ0) is 16.7. The van der Waals surface area contributed by atoms with Gasteiger partial charge in [-0.25, -0.2) is 4.39 Å². The van der Waals surface area contributed by atoms with Crippen LogP contribution in [0.25, 0.3) is 0 Å². The van der Waals surface area contributed by atoms with Gasteiger partial charge in [-0.15, -0.1) is 24.0 Å². The van der Waals surface area contributed by atoms with Crippen LogP contribution in [0.1, 0.15) is 11.3 Å². The van der Waals surface area contributed by atoms with Crippen LogP contribution in [-0.2, 0) is 13.0 Å². The fourth-order valence-electron chi connectivity index (χ4n) is 2.29. The summed E-state index contributed by atoms with van der Waals surface area (Å²) in [7, 11) is 5.08. The summed E-state index contributed by atoms with van der Waals surface area (Å²) in [5.74, 6) is 1.55. The second kappa shape index (κ2) is 10.2. The topological polar surface area (TPSA) is 50.0 Å².